The standard InChI is InChI=1S/C26H37FN4O5S/c1-17(2)13-21(29-25(33)36-26(4,5)6)24(32)30-11-8-12-31(18(3)16-30)37(34,35)22-10-7-9-19-14-28-15-20(27)23(19)22/h7,9-10,14-15,17-18,21H,8,11-13,16H2,1-6H3,(H,29,33)/t18-,21-/m0/s1. The van der Waals surface area contributed by atoms with Gasteiger partial charge in [-0.25, -0.2) is 17.6 Å². The van der Waals surface area contributed by atoms with Gasteiger partial charge < -0.3 is 15.0 Å². The van der Waals surface area contributed by atoms with Gasteiger partial charge in [-0.15, -0.1) is 0 Å². The number of nitrogens with one attached hydrogen (secondary N) is 1. The van der Waals surface area contributed by atoms with E-state index in [0.717, 1.165) is 6.20 Å². The molecule has 0 bridgehead atoms. The highest BCUT2D eigenvalue weighted by molar-refractivity contribution is 7.89. The molecule has 1 fully saturated rings. The van der Waals surface area contributed by atoms with Gasteiger partial charge in [-0.1, -0.05) is 26.0 Å². The monoisotopic (exact) mass is 536 g/mol. The van der Waals surface area contributed by atoms with Crippen molar-refractivity contribution in [3.8, 4) is 0 Å². The number of hydrogen-bond acceptors (Lipinski definition) is 6. The number of carbonyl (C=O) groups excluding carboxylic acids is 2. The van der Waals surface area contributed by atoms with Crippen molar-refractivity contribution >= 4 is 32.8 Å². The van der Waals surface area contributed by atoms with Gasteiger partial charge in [0, 0.05) is 42.6 Å². The van der Waals surface area contributed by atoms with Crippen LogP contribution in [0.15, 0.2) is 35.5 Å². The molecule has 2 aromatic rings. The van der Waals surface area contributed by atoms with Crippen LogP contribution in [0.5, 0.6) is 0 Å². The van der Waals surface area contributed by atoms with Crippen LogP contribution in [-0.4, -0.2) is 71.9 Å². The predicted molar refractivity (Wildman–Crippen MR) is 139 cm³/mol. The molecule has 0 aliphatic carbocycles. The number of sulfonamides is 1. The molecule has 204 valence electrons. The summed E-state index contributed by atoms with van der Waals surface area (Å²) in [6, 6.07) is 3.20. The topological polar surface area (TPSA) is 109 Å². The van der Waals surface area contributed by atoms with E-state index in [2.05, 4.69) is 10.3 Å². The molecule has 37 heavy (non-hydrogen) atoms. The molecule has 1 aliphatic rings. The van der Waals surface area contributed by atoms with Crippen molar-refractivity contribution in [1.29, 1.82) is 0 Å². The highest BCUT2D eigenvalue weighted by Gasteiger charge is 2.37. The maximum absolute atomic E-state index is 14.6. The fourth-order valence-electron chi connectivity index (χ4n) is 4.56. The van der Waals surface area contributed by atoms with E-state index in [0.29, 0.717) is 24.8 Å². The zero-order chi connectivity index (χ0) is 27.5. The zero-order valence-electron chi connectivity index (χ0n) is 22.3. The van der Waals surface area contributed by atoms with Crippen molar-refractivity contribution in [3.63, 3.8) is 0 Å². The molecule has 0 unspecified atom stereocenters. The maximum atomic E-state index is 14.6. The Morgan fingerprint density at radius 1 is 1.22 bits per heavy atom. The fraction of sp³-hybridized carbons (Fsp3) is 0.577. The summed E-state index contributed by atoms with van der Waals surface area (Å²) in [6.07, 6.45) is 2.56. The van der Waals surface area contributed by atoms with Crippen LogP contribution >= 0.6 is 0 Å². The van der Waals surface area contributed by atoms with Crippen LogP contribution in [0.4, 0.5) is 9.18 Å². The first kappa shape index (κ1) is 28.8. The molecule has 1 saturated heterocycles. The van der Waals surface area contributed by atoms with Crippen molar-refractivity contribution < 1.29 is 27.1 Å². The van der Waals surface area contributed by atoms with Crippen molar-refractivity contribution in [3.05, 3.63) is 36.4 Å². The second kappa shape index (κ2) is 11.3. The molecule has 2 atom stereocenters. The van der Waals surface area contributed by atoms with Gasteiger partial charge in [-0.05, 0) is 52.5 Å². The number of ether oxygens (including phenoxy) is 1. The average Bonchev–Trinajstić information content (AvgIpc) is 2.98. The van der Waals surface area contributed by atoms with Gasteiger partial charge in [-0.3, -0.25) is 9.78 Å². The van der Waals surface area contributed by atoms with Crippen LogP contribution in [-0.2, 0) is 19.6 Å². The molecule has 1 aromatic heterocycles. The lowest BCUT2D eigenvalue weighted by atomic mass is 10.0. The summed E-state index contributed by atoms with van der Waals surface area (Å²) in [7, 11) is -4.07. The molecule has 1 aromatic carbocycles. The second-order valence-corrected chi connectivity index (χ2v) is 12.8. The summed E-state index contributed by atoms with van der Waals surface area (Å²) >= 11 is 0. The van der Waals surface area contributed by atoms with Crippen molar-refractivity contribution in [2.75, 3.05) is 19.6 Å². The van der Waals surface area contributed by atoms with Gasteiger partial charge in [-0.2, -0.15) is 4.31 Å². The van der Waals surface area contributed by atoms with Gasteiger partial charge >= 0.3 is 6.09 Å². The molecule has 2 amide bonds. The summed E-state index contributed by atoms with van der Waals surface area (Å²) in [6.45, 7) is 11.5. The number of alkyl carbamates (subject to hydrolysis) is 1. The largest absolute Gasteiger partial charge is 0.444 e. The highest BCUT2D eigenvalue weighted by Crippen LogP contribution is 2.29. The number of amides is 2. The first-order valence-electron chi connectivity index (χ1n) is 12.5. The molecule has 3 rings (SSSR count). The summed E-state index contributed by atoms with van der Waals surface area (Å²) in [4.78, 5) is 31.2. The third kappa shape index (κ3) is 6.95. The number of hydrogen-bond donors (Lipinski definition) is 1. The number of halogens is 1. The number of benzene rings is 1. The first-order valence-corrected chi connectivity index (χ1v) is 14.0. The molecule has 11 heteroatoms. The summed E-state index contributed by atoms with van der Waals surface area (Å²) in [5.74, 6) is -0.866. The van der Waals surface area contributed by atoms with E-state index in [4.69, 9.17) is 4.74 Å². The summed E-state index contributed by atoms with van der Waals surface area (Å²) in [5.41, 5.74) is -0.710. The molecular weight excluding hydrogens is 499 g/mol. The lowest BCUT2D eigenvalue weighted by molar-refractivity contribution is -0.134. The minimum Gasteiger partial charge on any atom is -0.444 e. The lowest BCUT2D eigenvalue weighted by Gasteiger charge is -2.31. The van der Waals surface area contributed by atoms with Gasteiger partial charge in [0.2, 0.25) is 15.9 Å². The number of pyridine rings is 1. The number of rotatable bonds is 6. The minimum atomic E-state index is -4.07. The lowest BCUT2D eigenvalue weighted by Crippen LogP contribution is -2.52. The Bertz CT molecular complexity index is 1240. The van der Waals surface area contributed by atoms with Gasteiger partial charge in [0.1, 0.15) is 11.6 Å². The SMILES string of the molecule is CC(C)C[C@H](NC(=O)OC(C)(C)C)C(=O)N1CCCN(S(=O)(=O)c2cccc3cncc(F)c23)[C@@H](C)C1. The smallest absolute Gasteiger partial charge is 0.408 e. The third-order valence-corrected chi connectivity index (χ3v) is 8.13. The number of fused-ring (bicyclic) bond motifs is 1. The normalized spacial score (nSPS) is 18.5. The predicted octanol–water partition coefficient (Wildman–Crippen LogP) is 3.92. The average molecular weight is 537 g/mol. The number of nitrogens with zero attached hydrogens (tertiary/aromatic N) is 3. The van der Waals surface area contributed by atoms with Gasteiger partial charge in [0.25, 0.3) is 0 Å². The van der Waals surface area contributed by atoms with Gasteiger partial charge in [0.15, 0.2) is 5.82 Å². The highest BCUT2D eigenvalue weighted by atomic mass is 32.2. The van der Waals surface area contributed by atoms with Crippen molar-refractivity contribution in [2.45, 2.75) is 77.0 Å². The Balaban J connectivity index is 1.83. The van der Waals surface area contributed by atoms with E-state index in [9.17, 15) is 22.4 Å². The molecule has 0 spiro atoms. The van der Waals surface area contributed by atoms with Crippen LogP contribution in [0.1, 0.15) is 54.4 Å². The van der Waals surface area contributed by atoms with Crippen molar-refractivity contribution in [2.24, 2.45) is 5.92 Å². The molecule has 1 aliphatic heterocycles. The number of aromatic nitrogens is 1. The quantitative estimate of drug-likeness (QED) is 0.599. The molecule has 0 saturated carbocycles. The Labute approximate surface area is 218 Å². The first-order chi connectivity index (χ1) is 17.2. The van der Waals surface area contributed by atoms with Crippen LogP contribution < -0.4 is 5.32 Å². The van der Waals surface area contributed by atoms with Gasteiger partial charge in [0.05, 0.1) is 11.1 Å². The van der Waals surface area contributed by atoms with E-state index in [1.165, 1.54) is 16.6 Å². The molecular formula is C26H37FN4O5S. The van der Waals surface area contributed by atoms with Crippen LogP contribution in [0.2, 0.25) is 0 Å². The van der Waals surface area contributed by atoms with E-state index >= 15 is 0 Å². The van der Waals surface area contributed by atoms with E-state index in [1.807, 2.05) is 13.8 Å². The van der Waals surface area contributed by atoms with Crippen LogP contribution in [0.3, 0.4) is 0 Å². The fourth-order valence-corrected chi connectivity index (χ4v) is 6.45. The third-order valence-electron chi connectivity index (χ3n) is 6.08. The molecule has 2 heterocycles. The molecule has 0 radical (unpaired) electrons. The Morgan fingerprint density at radius 2 is 1.92 bits per heavy atom. The Hall–Kier alpha value is -2.79. The Kier molecular flexibility index (Phi) is 8.79. The maximum Gasteiger partial charge on any atom is 0.408 e. The zero-order valence-corrected chi connectivity index (χ0v) is 23.1. The molecule has 9 nitrogen and oxygen atoms in total. The van der Waals surface area contributed by atoms with E-state index < -0.39 is 39.6 Å². The van der Waals surface area contributed by atoms with Crippen LogP contribution in [0.25, 0.3) is 10.8 Å². The summed E-state index contributed by atoms with van der Waals surface area (Å²) < 4.78 is 48.7. The summed E-state index contributed by atoms with van der Waals surface area (Å²) in [5, 5.41) is 3.09. The van der Waals surface area contributed by atoms with Crippen molar-refractivity contribution in [1.82, 2.24) is 19.5 Å². The van der Waals surface area contributed by atoms with Crippen LogP contribution in [0, 0.1) is 11.7 Å². The second-order valence-electron chi connectivity index (χ2n) is 10.9. The minimum absolute atomic E-state index is 0.000405. The van der Waals surface area contributed by atoms with E-state index in [1.54, 1.807) is 44.7 Å². The molecule has 1 N–H and O–H groups in total. The Morgan fingerprint density at radius 3 is 2.57 bits per heavy atom. The van der Waals surface area contributed by atoms with E-state index in [-0.39, 0.29) is 35.2 Å². The number of carbonyl (C=O) groups is 2.